The molecule has 0 unspecified atom stereocenters. The van der Waals surface area contributed by atoms with Gasteiger partial charge in [-0.05, 0) is 18.4 Å². The molecule has 0 aliphatic carbocycles. The van der Waals surface area contributed by atoms with E-state index in [0.29, 0.717) is 11.0 Å². The number of anilines is 2. The van der Waals surface area contributed by atoms with Crippen LogP contribution in [0.3, 0.4) is 0 Å². The van der Waals surface area contributed by atoms with E-state index in [1.165, 1.54) is 11.8 Å². The van der Waals surface area contributed by atoms with Crippen molar-refractivity contribution in [2.75, 3.05) is 11.6 Å². The molecular formula is C11H10ClN3S. The van der Waals surface area contributed by atoms with Crippen molar-refractivity contribution in [3.05, 3.63) is 41.6 Å². The largest absolute Gasteiger partial charge is 0.324 e. The summed E-state index contributed by atoms with van der Waals surface area (Å²) >= 11 is 7.42. The second-order valence-corrected chi connectivity index (χ2v) is 4.24. The zero-order chi connectivity index (χ0) is 11.4. The highest BCUT2D eigenvalue weighted by Gasteiger charge is 2.03. The fourth-order valence-electron chi connectivity index (χ4n) is 1.21. The van der Waals surface area contributed by atoms with Crippen LogP contribution in [-0.2, 0) is 0 Å². The molecule has 82 valence electrons. The molecular weight excluding hydrogens is 242 g/mol. The van der Waals surface area contributed by atoms with Gasteiger partial charge in [-0.2, -0.15) is 0 Å². The molecule has 0 radical (unpaired) electrons. The van der Waals surface area contributed by atoms with E-state index >= 15 is 0 Å². The third-order valence-electron chi connectivity index (χ3n) is 1.94. The molecule has 1 aromatic heterocycles. The lowest BCUT2D eigenvalue weighted by molar-refractivity contribution is 1.06. The van der Waals surface area contributed by atoms with Gasteiger partial charge in [0.05, 0.1) is 11.2 Å². The van der Waals surface area contributed by atoms with Gasteiger partial charge in [0, 0.05) is 5.69 Å². The lowest BCUT2D eigenvalue weighted by atomic mass is 10.3. The summed E-state index contributed by atoms with van der Waals surface area (Å²) in [6.07, 6.45) is 3.53. The van der Waals surface area contributed by atoms with Gasteiger partial charge in [0.25, 0.3) is 0 Å². The number of hydrogen-bond donors (Lipinski definition) is 1. The Morgan fingerprint density at radius 3 is 2.69 bits per heavy atom. The Morgan fingerprint density at radius 1 is 1.25 bits per heavy atom. The van der Waals surface area contributed by atoms with Crippen molar-refractivity contribution in [1.29, 1.82) is 0 Å². The second kappa shape index (κ2) is 5.18. The molecule has 0 amide bonds. The second-order valence-electron chi connectivity index (χ2n) is 3.04. The Bertz CT molecular complexity index is 476. The molecule has 16 heavy (non-hydrogen) atoms. The average Bonchev–Trinajstić information content (AvgIpc) is 2.33. The smallest absolute Gasteiger partial charge is 0.228 e. The van der Waals surface area contributed by atoms with E-state index in [9.17, 15) is 0 Å². The summed E-state index contributed by atoms with van der Waals surface area (Å²) in [7, 11) is 0. The van der Waals surface area contributed by atoms with E-state index in [4.69, 9.17) is 11.6 Å². The SMILES string of the molecule is CSc1nc(Nc2ccccc2)ncc1Cl. The van der Waals surface area contributed by atoms with E-state index in [0.717, 1.165) is 10.7 Å². The van der Waals surface area contributed by atoms with E-state index in [2.05, 4.69) is 15.3 Å². The summed E-state index contributed by atoms with van der Waals surface area (Å²) < 4.78 is 0. The summed E-state index contributed by atoms with van der Waals surface area (Å²) in [5.41, 5.74) is 0.955. The van der Waals surface area contributed by atoms with Crippen LogP contribution < -0.4 is 5.32 Å². The summed E-state index contributed by atoms with van der Waals surface area (Å²) in [6.45, 7) is 0. The number of hydrogen-bond acceptors (Lipinski definition) is 4. The third kappa shape index (κ3) is 2.65. The van der Waals surface area contributed by atoms with Crippen molar-refractivity contribution < 1.29 is 0 Å². The highest BCUT2D eigenvalue weighted by atomic mass is 35.5. The van der Waals surface area contributed by atoms with Crippen LogP contribution in [-0.4, -0.2) is 16.2 Å². The van der Waals surface area contributed by atoms with Gasteiger partial charge in [-0.1, -0.05) is 29.8 Å². The summed E-state index contributed by atoms with van der Waals surface area (Å²) in [6, 6.07) is 9.77. The quantitative estimate of drug-likeness (QED) is 0.668. The Labute approximate surface area is 103 Å². The number of rotatable bonds is 3. The topological polar surface area (TPSA) is 37.8 Å². The van der Waals surface area contributed by atoms with Crippen LogP contribution in [0.1, 0.15) is 0 Å². The molecule has 0 fully saturated rings. The molecule has 0 aliphatic rings. The molecule has 1 N–H and O–H groups in total. The lowest BCUT2D eigenvalue weighted by Crippen LogP contribution is -1.97. The number of benzene rings is 1. The van der Waals surface area contributed by atoms with Crippen LogP contribution in [0.25, 0.3) is 0 Å². The first-order valence-corrected chi connectivity index (χ1v) is 6.28. The van der Waals surface area contributed by atoms with E-state index < -0.39 is 0 Å². The fraction of sp³-hybridized carbons (Fsp3) is 0.0909. The molecule has 2 aromatic rings. The minimum Gasteiger partial charge on any atom is -0.324 e. The molecule has 1 heterocycles. The standard InChI is InChI=1S/C11H10ClN3S/c1-16-10-9(12)7-13-11(15-10)14-8-5-3-2-4-6-8/h2-7H,1H3,(H,13,14,15). The normalized spacial score (nSPS) is 10.1. The Hall–Kier alpha value is -1.26. The van der Waals surface area contributed by atoms with Crippen molar-refractivity contribution in [1.82, 2.24) is 9.97 Å². The molecule has 0 aliphatic heterocycles. The first-order valence-electron chi connectivity index (χ1n) is 4.68. The lowest BCUT2D eigenvalue weighted by Gasteiger charge is -2.06. The first-order chi connectivity index (χ1) is 7.79. The maximum atomic E-state index is 5.93. The minimum absolute atomic E-state index is 0.556. The van der Waals surface area contributed by atoms with Crippen LogP contribution in [0.5, 0.6) is 0 Å². The zero-order valence-electron chi connectivity index (χ0n) is 8.64. The predicted octanol–water partition coefficient (Wildman–Crippen LogP) is 3.60. The van der Waals surface area contributed by atoms with Crippen molar-refractivity contribution >= 4 is 35.0 Å². The third-order valence-corrected chi connectivity index (χ3v) is 3.02. The van der Waals surface area contributed by atoms with Crippen LogP contribution >= 0.6 is 23.4 Å². The van der Waals surface area contributed by atoms with E-state index in [-0.39, 0.29) is 0 Å². The first kappa shape index (κ1) is 11.2. The number of nitrogens with one attached hydrogen (secondary N) is 1. The van der Waals surface area contributed by atoms with Crippen LogP contribution in [0.4, 0.5) is 11.6 Å². The number of nitrogens with zero attached hydrogens (tertiary/aromatic N) is 2. The van der Waals surface area contributed by atoms with E-state index in [1.807, 2.05) is 36.6 Å². The zero-order valence-corrected chi connectivity index (χ0v) is 10.2. The van der Waals surface area contributed by atoms with Crippen molar-refractivity contribution in [2.45, 2.75) is 5.03 Å². The minimum atomic E-state index is 0.556. The van der Waals surface area contributed by atoms with Crippen molar-refractivity contribution in [3.8, 4) is 0 Å². The number of para-hydroxylation sites is 1. The van der Waals surface area contributed by atoms with Crippen LogP contribution in [0.2, 0.25) is 5.02 Å². The maximum Gasteiger partial charge on any atom is 0.228 e. The highest BCUT2D eigenvalue weighted by Crippen LogP contribution is 2.23. The van der Waals surface area contributed by atoms with Crippen LogP contribution in [0.15, 0.2) is 41.6 Å². The molecule has 3 nitrogen and oxygen atoms in total. The monoisotopic (exact) mass is 251 g/mol. The molecule has 0 saturated heterocycles. The Balaban J connectivity index is 2.22. The molecule has 0 bridgehead atoms. The van der Waals surface area contributed by atoms with Gasteiger partial charge in [0.15, 0.2) is 0 Å². The Morgan fingerprint density at radius 2 is 2.00 bits per heavy atom. The summed E-state index contributed by atoms with van der Waals surface area (Å²) in [5.74, 6) is 0.556. The molecule has 5 heteroatoms. The number of aromatic nitrogens is 2. The van der Waals surface area contributed by atoms with E-state index in [1.54, 1.807) is 6.20 Å². The van der Waals surface area contributed by atoms with Gasteiger partial charge in [-0.3, -0.25) is 0 Å². The number of halogens is 1. The number of thioether (sulfide) groups is 1. The van der Waals surface area contributed by atoms with Gasteiger partial charge < -0.3 is 5.32 Å². The molecule has 0 spiro atoms. The predicted molar refractivity (Wildman–Crippen MR) is 68.5 cm³/mol. The maximum absolute atomic E-state index is 5.93. The van der Waals surface area contributed by atoms with Gasteiger partial charge in [0.2, 0.25) is 5.95 Å². The highest BCUT2D eigenvalue weighted by molar-refractivity contribution is 7.98. The molecule has 0 atom stereocenters. The molecule has 2 rings (SSSR count). The van der Waals surface area contributed by atoms with Gasteiger partial charge in [-0.25, -0.2) is 9.97 Å². The van der Waals surface area contributed by atoms with Crippen molar-refractivity contribution in [2.24, 2.45) is 0 Å². The van der Waals surface area contributed by atoms with Gasteiger partial charge >= 0.3 is 0 Å². The molecule has 0 saturated carbocycles. The average molecular weight is 252 g/mol. The molecule has 1 aromatic carbocycles. The summed E-state index contributed by atoms with van der Waals surface area (Å²) in [4.78, 5) is 8.41. The Kier molecular flexibility index (Phi) is 3.64. The van der Waals surface area contributed by atoms with Crippen molar-refractivity contribution in [3.63, 3.8) is 0 Å². The van der Waals surface area contributed by atoms with Crippen LogP contribution in [0, 0.1) is 0 Å². The van der Waals surface area contributed by atoms with Gasteiger partial charge in [0.1, 0.15) is 5.03 Å². The fourth-order valence-corrected chi connectivity index (χ4v) is 1.95. The van der Waals surface area contributed by atoms with Gasteiger partial charge in [-0.15, -0.1) is 11.8 Å². The summed E-state index contributed by atoms with van der Waals surface area (Å²) in [5, 5.41) is 4.46.